The van der Waals surface area contributed by atoms with Crippen LogP contribution in [0.5, 0.6) is 5.75 Å². The van der Waals surface area contributed by atoms with Crippen LogP contribution in [-0.4, -0.2) is 41.0 Å². The third kappa shape index (κ3) is 3.95. The summed E-state index contributed by atoms with van der Waals surface area (Å²) in [5.74, 6) is -0.114. The second kappa shape index (κ2) is 7.91. The van der Waals surface area contributed by atoms with E-state index in [9.17, 15) is 25.6 Å². The molecule has 3 aliphatic rings. The number of hydrogen-bond donors (Lipinski definition) is 0. The number of nitrogens with zero attached hydrogens (tertiary/aromatic N) is 1. The summed E-state index contributed by atoms with van der Waals surface area (Å²) >= 11 is 3.48. The summed E-state index contributed by atoms with van der Waals surface area (Å²) in [5.41, 5.74) is 0.734. The molecule has 1 unspecified atom stereocenters. The molecule has 2 aromatic rings. The third-order valence-corrected chi connectivity index (χ3v) is 10.9. The van der Waals surface area contributed by atoms with Gasteiger partial charge in [0.05, 0.1) is 28.1 Å². The van der Waals surface area contributed by atoms with Crippen molar-refractivity contribution in [1.82, 2.24) is 0 Å². The summed E-state index contributed by atoms with van der Waals surface area (Å²) in [6.07, 6.45) is 2.41. The highest BCUT2D eigenvalue weighted by Crippen LogP contribution is 2.59. The largest absolute Gasteiger partial charge is 0.435 e. The van der Waals surface area contributed by atoms with Crippen molar-refractivity contribution in [3.8, 4) is 5.75 Å². The number of sulfonamides is 1. The molecule has 0 aromatic heterocycles. The maximum Gasteiger partial charge on any atom is 0.387 e. The fraction of sp³-hybridized carbons (Fsp3) is 0.455. The molecule has 0 radical (unpaired) electrons. The third-order valence-electron chi connectivity index (χ3n) is 6.93. The van der Waals surface area contributed by atoms with Crippen molar-refractivity contribution in [3.05, 3.63) is 52.5 Å². The first-order chi connectivity index (χ1) is 15.5. The minimum Gasteiger partial charge on any atom is -0.435 e. The van der Waals surface area contributed by atoms with Crippen molar-refractivity contribution in [2.45, 2.75) is 48.6 Å². The van der Waals surface area contributed by atoms with Crippen LogP contribution < -0.4 is 9.04 Å². The SMILES string of the molecule is O=S1(=O)CCC2(CC1)c1cc(Br)ccc1N(S(=O)(=O)c1cccc(OC(F)F)c1)C2C1CC1. The molecule has 178 valence electrons. The molecule has 1 saturated carbocycles. The first-order valence-electron chi connectivity index (χ1n) is 10.6. The van der Waals surface area contributed by atoms with Crippen LogP contribution in [-0.2, 0) is 25.3 Å². The highest BCUT2D eigenvalue weighted by molar-refractivity contribution is 9.10. The number of fused-ring (bicyclic) bond motifs is 2. The molecule has 11 heteroatoms. The Kier molecular flexibility index (Phi) is 5.52. The van der Waals surface area contributed by atoms with Crippen LogP contribution in [0.25, 0.3) is 0 Å². The fourth-order valence-corrected chi connectivity index (χ4v) is 9.11. The van der Waals surface area contributed by atoms with Gasteiger partial charge in [-0.1, -0.05) is 22.0 Å². The van der Waals surface area contributed by atoms with Gasteiger partial charge >= 0.3 is 6.61 Å². The smallest absolute Gasteiger partial charge is 0.387 e. The van der Waals surface area contributed by atoms with E-state index in [1.807, 2.05) is 6.07 Å². The Labute approximate surface area is 200 Å². The first-order valence-corrected chi connectivity index (χ1v) is 14.7. The van der Waals surface area contributed by atoms with Crippen LogP contribution in [0.15, 0.2) is 51.8 Å². The van der Waals surface area contributed by atoms with Gasteiger partial charge in [-0.05, 0) is 67.5 Å². The van der Waals surface area contributed by atoms with Crippen LogP contribution in [0, 0.1) is 5.92 Å². The highest BCUT2D eigenvalue weighted by Gasteiger charge is 2.60. The molecule has 5 rings (SSSR count). The number of sulfone groups is 1. The Bertz CT molecular complexity index is 1300. The molecule has 1 saturated heterocycles. The minimum atomic E-state index is -4.14. The number of rotatable bonds is 5. The Hall–Kier alpha value is -1.72. The van der Waals surface area contributed by atoms with Gasteiger partial charge in [-0.15, -0.1) is 0 Å². The predicted octanol–water partition coefficient (Wildman–Crippen LogP) is 4.48. The van der Waals surface area contributed by atoms with Gasteiger partial charge in [0.15, 0.2) is 0 Å². The van der Waals surface area contributed by atoms with Crippen molar-refractivity contribution < 1.29 is 30.4 Å². The monoisotopic (exact) mass is 561 g/mol. The van der Waals surface area contributed by atoms with Gasteiger partial charge in [-0.2, -0.15) is 8.78 Å². The zero-order valence-corrected chi connectivity index (χ0v) is 20.7. The van der Waals surface area contributed by atoms with E-state index < -0.39 is 37.9 Å². The summed E-state index contributed by atoms with van der Waals surface area (Å²) in [7, 11) is -7.31. The first kappa shape index (κ1) is 23.0. The topological polar surface area (TPSA) is 80.8 Å². The lowest BCUT2D eigenvalue weighted by Crippen LogP contribution is -2.52. The van der Waals surface area contributed by atoms with Crippen molar-refractivity contribution in [2.24, 2.45) is 5.92 Å². The maximum atomic E-state index is 14.0. The van der Waals surface area contributed by atoms with Gasteiger partial charge in [-0.3, -0.25) is 4.31 Å². The van der Waals surface area contributed by atoms with E-state index in [4.69, 9.17) is 0 Å². The molecule has 1 atom stereocenters. The van der Waals surface area contributed by atoms with Gasteiger partial charge in [0, 0.05) is 16.0 Å². The normalized spacial score (nSPS) is 23.6. The summed E-state index contributed by atoms with van der Waals surface area (Å²) in [5, 5.41) is 0. The summed E-state index contributed by atoms with van der Waals surface area (Å²) < 4.78 is 84.6. The number of hydrogen-bond acceptors (Lipinski definition) is 5. The molecule has 0 N–H and O–H groups in total. The Morgan fingerprint density at radius 3 is 2.42 bits per heavy atom. The highest BCUT2D eigenvalue weighted by atomic mass is 79.9. The van der Waals surface area contributed by atoms with E-state index in [2.05, 4.69) is 20.7 Å². The number of benzene rings is 2. The van der Waals surface area contributed by atoms with E-state index in [1.54, 1.807) is 12.1 Å². The second-order valence-corrected chi connectivity index (χ2v) is 13.9. The van der Waals surface area contributed by atoms with Gasteiger partial charge in [0.1, 0.15) is 15.6 Å². The molecule has 1 aliphatic carbocycles. The number of ether oxygens (including phenoxy) is 1. The Balaban J connectivity index is 1.66. The van der Waals surface area contributed by atoms with Gasteiger partial charge in [-0.25, -0.2) is 16.8 Å². The molecule has 6 nitrogen and oxygen atoms in total. The Morgan fingerprint density at radius 1 is 1.09 bits per heavy atom. The van der Waals surface area contributed by atoms with Crippen LogP contribution in [0.3, 0.4) is 0 Å². The Morgan fingerprint density at radius 2 is 1.79 bits per heavy atom. The average molecular weight is 562 g/mol. The van der Waals surface area contributed by atoms with Gasteiger partial charge in [0.25, 0.3) is 10.0 Å². The van der Waals surface area contributed by atoms with Crippen molar-refractivity contribution in [3.63, 3.8) is 0 Å². The fourth-order valence-electron chi connectivity index (χ4n) is 5.36. The molecule has 2 aromatic carbocycles. The molecule has 33 heavy (non-hydrogen) atoms. The molecule has 2 heterocycles. The maximum absolute atomic E-state index is 14.0. The van der Waals surface area contributed by atoms with Gasteiger partial charge in [0.2, 0.25) is 0 Å². The minimum absolute atomic E-state index is 0.00771. The standard InChI is InChI=1S/C22H22BrF2NO5S2/c23-15-6-7-19-18(12-15)22(8-10-32(27,28)11-9-22)20(14-4-5-14)26(19)33(29,30)17-3-1-2-16(13-17)31-21(24)25/h1-3,6-7,12-14,20-21H,4-5,8-11H2. The van der Waals surface area contributed by atoms with Crippen molar-refractivity contribution >= 4 is 41.5 Å². The van der Waals surface area contributed by atoms with Crippen LogP contribution in [0.4, 0.5) is 14.5 Å². The summed E-state index contributed by atoms with van der Waals surface area (Å²) in [6, 6.07) is 10.1. The molecule has 2 fully saturated rings. The van der Waals surface area contributed by atoms with E-state index >= 15 is 0 Å². The zero-order chi connectivity index (χ0) is 23.6. The zero-order valence-electron chi connectivity index (χ0n) is 17.5. The van der Waals surface area contributed by atoms with E-state index in [-0.39, 0.29) is 28.1 Å². The molecule has 0 bridgehead atoms. The molecule has 1 spiro atoms. The number of alkyl halides is 2. The van der Waals surface area contributed by atoms with Crippen molar-refractivity contribution in [1.29, 1.82) is 0 Å². The average Bonchev–Trinajstić information content (AvgIpc) is 3.54. The lowest BCUT2D eigenvalue weighted by molar-refractivity contribution is -0.0499. The van der Waals surface area contributed by atoms with Crippen LogP contribution in [0.1, 0.15) is 31.2 Å². The van der Waals surface area contributed by atoms with E-state index in [0.29, 0.717) is 18.5 Å². The molecular weight excluding hydrogens is 540 g/mol. The molecule has 0 amide bonds. The quantitative estimate of drug-likeness (QED) is 0.537. The van der Waals surface area contributed by atoms with E-state index in [1.165, 1.54) is 22.5 Å². The second-order valence-electron chi connectivity index (χ2n) is 8.91. The van der Waals surface area contributed by atoms with Crippen LogP contribution in [0.2, 0.25) is 0 Å². The van der Waals surface area contributed by atoms with E-state index in [0.717, 1.165) is 28.9 Å². The number of anilines is 1. The lowest BCUT2D eigenvalue weighted by atomic mass is 9.70. The predicted molar refractivity (Wildman–Crippen MR) is 123 cm³/mol. The molecular formula is C22H22BrF2NO5S2. The summed E-state index contributed by atoms with van der Waals surface area (Å²) in [6.45, 7) is -3.07. The van der Waals surface area contributed by atoms with Crippen molar-refractivity contribution in [2.75, 3.05) is 15.8 Å². The molecule has 2 aliphatic heterocycles. The lowest BCUT2D eigenvalue weighted by Gasteiger charge is -2.41. The summed E-state index contributed by atoms with van der Waals surface area (Å²) in [4.78, 5) is -0.138. The van der Waals surface area contributed by atoms with Gasteiger partial charge < -0.3 is 4.74 Å². The van der Waals surface area contributed by atoms with Crippen LogP contribution >= 0.6 is 15.9 Å². The number of halogens is 3.